The van der Waals surface area contributed by atoms with Gasteiger partial charge in [0.2, 0.25) is 0 Å². The predicted molar refractivity (Wildman–Crippen MR) is 257 cm³/mol. The van der Waals surface area contributed by atoms with Gasteiger partial charge in [-0.1, -0.05) is 142 Å². The molecule has 1 saturated heterocycles. The third-order valence-electron chi connectivity index (χ3n) is 11.6. The number of esters is 2. The van der Waals surface area contributed by atoms with E-state index < -0.39 is 83.7 Å². The van der Waals surface area contributed by atoms with Crippen LogP contribution >= 0.6 is 15.6 Å². The average Bonchev–Trinajstić information content (AvgIpc) is 3.57. The number of aliphatic hydroxyl groups excluding tert-OH is 2. The van der Waals surface area contributed by atoms with Crippen LogP contribution in [-0.2, 0) is 51.1 Å². The van der Waals surface area contributed by atoms with E-state index in [9.17, 15) is 48.3 Å². The van der Waals surface area contributed by atoms with Gasteiger partial charge in [0.05, 0.1) is 13.2 Å². The number of phosphoric acid groups is 2. The lowest BCUT2D eigenvalue weighted by Crippen LogP contribution is -2.36. The smallest absolute Gasteiger partial charge is 0.462 e. The predicted octanol–water partition coefficient (Wildman–Crippen LogP) is 8.87. The molecule has 19 nitrogen and oxygen atoms in total. The summed E-state index contributed by atoms with van der Waals surface area (Å²) < 4.78 is 56.7. The van der Waals surface area contributed by atoms with Gasteiger partial charge in [0.25, 0.3) is 0 Å². The second kappa shape index (κ2) is 35.1. The van der Waals surface area contributed by atoms with Crippen LogP contribution in [0.3, 0.4) is 0 Å². The minimum atomic E-state index is -5.44. The molecular formula is C47H81N3O16P2. The number of aromatic nitrogens is 2. The summed E-state index contributed by atoms with van der Waals surface area (Å²) >= 11 is 0. The molecule has 0 aromatic carbocycles. The second-order valence-corrected chi connectivity index (χ2v) is 20.6. The standard InChI is InChI=1S/C47H81N3O16P2/c1-4-6-22-28-38(51)29-24-19-15-11-9-13-17-21-26-31-43(53)64-39(34-61-42(52)30-25-20-16-12-8-7-10-14-18-23-27-37(3)5-2)35-62-67(57,58)66-68(59,60)63-36-40-44(54)45(55)46(65-40)50-33-32-41(48)49-47(50)56/h15,19,24,29,32-33,37,39-40,44-46,54-55H,4-14,16-18,20-23,25-28,30-31,34-36H2,1-3H3,(H,57,58)(H,59,60)(H2,48,49,56)/b19-15-,29-24+/t37?,39-,40-,44-,45-,46-/m1/s1. The van der Waals surface area contributed by atoms with Crippen LogP contribution in [-0.4, -0.2) is 91.5 Å². The average molecular weight is 1010 g/mol. The molecule has 6 N–H and O–H groups in total. The first-order valence-corrected chi connectivity index (χ1v) is 27.7. The maximum atomic E-state index is 12.8. The zero-order valence-corrected chi connectivity index (χ0v) is 42.4. The Labute approximate surface area is 402 Å². The number of rotatable bonds is 40. The number of nitrogens with zero attached hydrogens (tertiary/aromatic N) is 2. The summed E-state index contributed by atoms with van der Waals surface area (Å²) in [7, 11) is -10.9. The molecule has 0 amide bonds. The summed E-state index contributed by atoms with van der Waals surface area (Å²) in [5.41, 5.74) is 4.57. The van der Waals surface area contributed by atoms with E-state index in [1.54, 1.807) is 12.2 Å². The van der Waals surface area contributed by atoms with Gasteiger partial charge in [-0.25, -0.2) is 13.9 Å². The highest BCUT2D eigenvalue weighted by Gasteiger charge is 2.46. The summed E-state index contributed by atoms with van der Waals surface area (Å²) in [6.45, 7) is 4.28. The number of hydrogen-bond donors (Lipinski definition) is 5. The normalized spacial score (nSPS) is 20.0. The van der Waals surface area contributed by atoms with Crippen LogP contribution in [0.5, 0.6) is 0 Å². The fraction of sp³-hybridized carbons (Fsp3) is 0.766. The van der Waals surface area contributed by atoms with Crippen LogP contribution in [0.15, 0.2) is 41.4 Å². The molecule has 0 saturated carbocycles. The van der Waals surface area contributed by atoms with Crippen molar-refractivity contribution in [1.82, 2.24) is 9.55 Å². The van der Waals surface area contributed by atoms with Gasteiger partial charge < -0.3 is 39.9 Å². The van der Waals surface area contributed by atoms with Crippen LogP contribution in [0.25, 0.3) is 0 Å². The molecule has 1 aliphatic heterocycles. The Bertz CT molecular complexity index is 1810. The van der Waals surface area contributed by atoms with Crippen LogP contribution in [0.1, 0.15) is 181 Å². The summed E-state index contributed by atoms with van der Waals surface area (Å²) in [5.74, 6) is -0.432. The Kier molecular flexibility index (Phi) is 31.5. The number of carbonyl (C=O) groups excluding carboxylic acids is 3. The highest BCUT2D eigenvalue weighted by molar-refractivity contribution is 7.61. The van der Waals surface area contributed by atoms with Crippen molar-refractivity contribution in [2.45, 2.75) is 206 Å². The molecule has 0 bridgehead atoms. The SMILES string of the molecule is CCCCCC(=O)/C=C/C=C\CCCCCCCC(=O)O[C@H](COC(=O)CCCCCCCCCCCCC(C)CC)COP(=O)(O)OP(=O)(O)OC[C@H]1O[C@@H](n2ccc(N)nc2=O)[C@H](O)[C@@H]1O. The lowest BCUT2D eigenvalue weighted by atomic mass is 9.99. The number of anilines is 1. The van der Waals surface area contributed by atoms with E-state index in [1.165, 1.54) is 51.0 Å². The van der Waals surface area contributed by atoms with Gasteiger partial charge in [-0.05, 0) is 50.2 Å². The molecule has 390 valence electrons. The number of allylic oxidation sites excluding steroid dienone is 4. The van der Waals surface area contributed by atoms with Crippen molar-refractivity contribution in [2.75, 3.05) is 25.6 Å². The molecule has 2 heterocycles. The first kappa shape index (κ1) is 61.0. The molecule has 68 heavy (non-hydrogen) atoms. The second-order valence-electron chi connectivity index (χ2n) is 17.6. The number of nitrogen functional groups attached to an aromatic ring is 1. The molecule has 1 fully saturated rings. The number of unbranched alkanes of at least 4 members (excludes halogenated alkanes) is 16. The molecule has 1 aliphatic rings. The number of phosphoric ester groups is 2. The number of hydrogen-bond acceptors (Lipinski definition) is 16. The van der Waals surface area contributed by atoms with Gasteiger partial charge in [0.1, 0.15) is 30.7 Å². The van der Waals surface area contributed by atoms with Gasteiger partial charge in [-0.3, -0.25) is 28.0 Å². The summed E-state index contributed by atoms with van der Waals surface area (Å²) in [4.78, 5) is 73.6. The molecule has 0 radical (unpaired) electrons. The summed E-state index contributed by atoms with van der Waals surface area (Å²) in [6.07, 6.45) is 22.5. The molecular weight excluding hydrogens is 924 g/mol. The Morgan fingerprint density at radius 3 is 2.01 bits per heavy atom. The van der Waals surface area contributed by atoms with E-state index in [1.807, 2.05) is 12.2 Å². The molecule has 1 aromatic heterocycles. The van der Waals surface area contributed by atoms with Gasteiger partial charge in [0.15, 0.2) is 18.1 Å². The van der Waals surface area contributed by atoms with Gasteiger partial charge in [0, 0.05) is 25.5 Å². The minimum Gasteiger partial charge on any atom is -0.462 e. The number of ketones is 1. The van der Waals surface area contributed by atoms with Gasteiger partial charge in [-0.2, -0.15) is 9.29 Å². The Morgan fingerprint density at radius 2 is 1.38 bits per heavy atom. The fourth-order valence-corrected chi connectivity index (χ4v) is 9.38. The van der Waals surface area contributed by atoms with Crippen LogP contribution in [0, 0.1) is 5.92 Å². The van der Waals surface area contributed by atoms with Crippen LogP contribution in [0.4, 0.5) is 5.82 Å². The highest BCUT2D eigenvalue weighted by Crippen LogP contribution is 2.60. The first-order valence-electron chi connectivity index (χ1n) is 24.7. The fourth-order valence-electron chi connectivity index (χ4n) is 7.27. The lowest BCUT2D eigenvalue weighted by molar-refractivity contribution is -0.161. The monoisotopic (exact) mass is 1010 g/mol. The van der Waals surface area contributed by atoms with Gasteiger partial charge >= 0.3 is 33.3 Å². The topological polar surface area (TPSA) is 283 Å². The van der Waals surface area contributed by atoms with Crippen LogP contribution < -0.4 is 11.4 Å². The maximum Gasteiger partial charge on any atom is 0.481 e. The van der Waals surface area contributed by atoms with Gasteiger partial charge in [-0.15, -0.1) is 0 Å². The van der Waals surface area contributed by atoms with Crippen molar-refractivity contribution in [3.8, 4) is 0 Å². The quantitative estimate of drug-likeness (QED) is 0.0135. The van der Waals surface area contributed by atoms with E-state index >= 15 is 0 Å². The molecule has 3 unspecified atom stereocenters. The van der Waals surface area contributed by atoms with Crippen molar-refractivity contribution in [3.63, 3.8) is 0 Å². The summed E-state index contributed by atoms with van der Waals surface area (Å²) in [6, 6.07) is 1.24. The van der Waals surface area contributed by atoms with Crippen LogP contribution in [0.2, 0.25) is 0 Å². The van der Waals surface area contributed by atoms with E-state index in [4.69, 9.17) is 29.0 Å². The van der Waals surface area contributed by atoms with E-state index in [0.29, 0.717) is 19.3 Å². The number of aliphatic hydroxyl groups is 2. The highest BCUT2D eigenvalue weighted by atomic mass is 31.3. The molecule has 2 rings (SSSR count). The van der Waals surface area contributed by atoms with Crippen molar-refractivity contribution < 1.29 is 71.1 Å². The Morgan fingerprint density at radius 1 is 0.794 bits per heavy atom. The third kappa shape index (κ3) is 27.9. The molecule has 0 aliphatic carbocycles. The van der Waals surface area contributed by atoms with Crippen molar-refractivity contribution >= 4 is 39.2 Å². The molecule has 1 aromatic rings. The number of carbonyl (C=O) groups is 3. The maximum absolute atomic E-state index is 12.8. The Hall–Kier alpha value is -3.09. The van der Waals surface area contributed by atoms with Crippen molar-refractivity contribution in [3.05, 3.63) is 47.1 Å². The summed E-state index contributed by atoms with van der Waals surface area (Å²) in [5, 5.41) is 20.9. The lowest BCUT2D eigenvalue weighted by Gasteiger charge is -2.21. The first-order chi connectivity index (χ1) is 32.5. The van der Waals surface area contributed by atoms with E-state index in [0.717, 1.165) is 93.7 Å². The zero-order valence-electron chi connectivity index (χ0n) is 40.6. The number of nitrogens with two attached hydrogens (primary N) is 1. The Balaban J connectivity index is 1.83. The third-order valence-corrected chi connectivity index (χ3v) is 14.2. The number of ether oxygens (including phenoxy) is 3. The largest absolute Gasteiger partial charge is 0.481 e. The van der Waals surface area contributed by atoms with Crippen molar-refractivity contribution in [1.29, 1.82) is 0 Å². The van der Waals surface area contributed by atoms with E-state index in [-0.39, 0.29) is 24.4 Å². The minimum absolute atomic E-state index is 0.000746. The molecule has 8 atom stereocenters. The van der Waals surface area contributed by atoms with Crippen molar-refractivity contribution in [2.24, 2.45) is 5.92 Å². The molecule has 0 spiro atoms. The zero-order chi connectivity index (χ0) is 50.2. The molecule has 21 heteroatoms. The van der Waals surface area contributed by atoms with E-state index in [2.05, 4.69) is 30.1 Å².